The van der Waals surface area contributed by atoms with Gasteiger partial charge in [-0.1, -0.05) is 89.0 Å². The molecular formula is C20H16Cl2N2O. The zero-order valence-corrected chi connectivity index (χ0v) is 14.8. The highest BCUT2D eigenvalue weighted by Gasteiger charge is 2.19. The van der Waals surface area contributed by atoms with E-state index >= 15 is 0 Å². The van der Waals surface area contributed by atoms with Crippen LogP contribution in [0.1, 0.15) is 29.0 Å². The quantitative estimate of drug-likeness (QED) is 0.267. The third-order valence-electron chi connectivity index (χ3n) is 4.02. The monoisotopic (exact) mass is 370 g/mol. The summed E-state index contributed by atoms with van der Waals surface area (Å²) in [6, 6.07) is 23.5. The van der Waals surface area contributed by atoms with E-state index in [9.17, 15) is 5.21 Å². The molecule has 0 atom stereocenters. The van der Waals surface area contributed by atoms with E-state index in [1.165, 1.54) is 0 Å². The maximum absolute atomic E-state index is 9.59. The van der Waals surface area contributed by atoms with Gasteiger partial charge in [-0.3, -0.25) is 0 Å². The zero-order chi connectivity index (χ0) is 17.6. The first-order valence-electron chi connectivity index (χ1n) is 7.81. The standard InChI is InChI=1S/C20H16Cl2N2O/c21-19-11-16(12-20(22)23-19)18(24-25)13-17(14-7-3-1-4-8-14)15-9-5-2-6-10-15/h1-12,17,25H,13H2/b24-18+. The molecule has 3 aromatic rings. The van der Waals surface area contributed by atoms with Gasteiger partial charge in [-0.2, -0.15) is 0 Å². The number of halogens is 2. The Labute approximate surface area is 156 Å². The Morgan fingerprint density at radius 2 is 1.36 bits per heavy atom. The van der Waals surface area contributed by atoms with Crippen LogP contribution < -0.4 is 0 Å². The lowest BCUT2D eigenvalue weighted by Gasteiger charge is -2.19. The second-order valence-corrected chi connectivity index (χ2v) is 6.40. The van der Waals surface area contributed by atoms with Crippen LogP contribution in [0.4, 0.5) is 0 Å². The minimum atomic E-state index is 0.0408. The predicted octanol–water partition coefficient (Wildman–Crippen LogP) is 5.79. The van der Waals surface area contributed by atoms with Gasteiger partial charge in [-0.25, -0.2) is 4.98 Å². The molecule has 0 radical (unpaired) electrons. The Morgan fingerprint density at radius 1 is 0.880 bits per heavy atom. The van der Waals surface area contributed by atoms with E-state index in [0.717, 1.165) is 11.1 Å². The molecule has 0 fully saturated rings. The van der Waals surface area contributed by atoms with Gasteiger partial charge in [-0.05, 0) is 23.3 Å². The molecule has 0 aliphatic carbocycles. The van der Waals surface area contributed by atoms with Crippen molar-refractivity contribution in [2.75, 3.05) is 0 Å². The lowest BCUT2D eigenvalue weighted by atomic mass is 9.85. The minimum absolute atomic E-state index is 0.0408. The topological polar surface area (TPSA) is 45.5 Å². The molecule has 0 unspecified atom stereocenters. The minimum Gasteiger partial charge on any atom is -0.411 e. The summed E-state index contributed by atoms with van der Waals surface area (Å²) in [7, 11) is 0. The van der Waals surface area contributed by atoms with Crippen molar-refractivity contribution in [2.24, 2.45) is 5.16 Å². The van der Waals surface area contributed by atoms with E-state index < -0.39 is 0 Å². The van der Waals surface area contributed by atoms with Gasteiger partial charge >= 0.3 is 0 Å². The maximum Gasteiger partial charge on any atom is 0.131 e. The first-order valence-corrected chi connectivity index (χ1v) is 8.57. The van der Waals surface area contributed by atoms with Gasteiger partial charge in [0.1, 0.15) is 10.3 Å². The summed E-state index contributed by atoms with van der Waals surface area (Å²) in [5, 5.41) is 13.6. The van der Waals surface area contributed by atoms with Crippen molar-refractivity contribution in [3.05, 3.63) is 99.8 Å². The highest BCUT2D eigenvalue weighted by atomic mass is 35.5. The van der Waals surface area contributed by atoms with Crippen molar-refractivity contribution in [1.29, 1.82) is 0 Å². The first-order chi connectivity index (χ1) is 12.2. The Balaban J connectivity index is 1.99. The molecular weight excluding hydrogens is 355 g/mol. The van der Waals surface area contributed by atoms with Crippen LogP contribution in [0.3, 0.4) is 0 Å². The third-order valence-corrected chi connectivity index (χ3v) is 4.41. The number of hydrogen-bond acceptors (Lipinski definition) is 3. The second kappa shape index (κ2) is 8.15. The summed E-state index contributed by atoms with van der Waals surface area (Å²) >= 11 is 12.0. The maximum atomic E-state index is 9.59. The van der Waals surface area contributed by atoms with Gasteiger partial charge in [-0.15, -0.1) is 0 Å². The van der Waals surface area contributed by atoms with Crippen LogP contribution in [0.5, 0.6) is 0 Å². The van der Waals surface area contributed by atoms with Gasteiger partial charge in [0.2, 0.25) is 0 Å². The zero-order valence-electron chi connectivity index (χ0n) is 13.3. The van der Waals surface area contributed by atoms with E-state index in [1.807, 2.05) is 36.4 Å². The SMILES string of the molecule is O/N=C(\CC(c1ccccc1)c1ccccc1)c1cc(Cl)nc(Cl)c1. The summed E-state index contributed by atoms with van der Waals surface area (Å²) in [4.78, 5) is 3.94. The molecule has 0 saturated heterocycles. The molecule has 2 aromatic carbocycles. The highest BCUT2D eigenvalue weighted by molar-refractivity contribution is 6.33. The summed E-state index contributed by atoms with van der Waals surface area (Å²) in [5.41, 5.74) is 3.44. The third kappa shape index (κ3) is 4.38. The largest absolute Gasteiger partial charge is 0.411 e. The number of hydrogen-bond donors (Lipinski definition) is 1. The molecule has 126 valence electrons. The molecule has 3 nitrogen and oxygen atoms in total. The van der Waals surface area contributed by atoms with Gasteiger partial charge in [0.05, 0.1) is 5.71 Å². The molecule has 0 bridgehead atoms. The molecule has 5 heteroatoms. The van der Waals surface area contributed by atoms with Crippen molar-refractivity contribution in [2.45, 2.75) is 12.3 Å². The Kier molecular flexibility index (Phi) is 5.69. The van der Waals surface area contributed by atoms with Gasteiger partial charge in [0.25, 0.3) is 0 Å². The van der Waals surface area contributed by atoms with Crippen LogP contribution in [0.2, 0.25) is 10.3 Å². The molecule has 0 amide bonds. The van der Waals surface area contributed by atoms with Gasteiger partial charge < -0.3 is 5.21 Å². The lowest BCUT2D eigenvalue weighted by molar-refractivity contribution is 0.317. The fourth-order valence-corrected chi connectivity index (χ4v) is 3.30. The fraction of sp³-hybridized carbons (Fsp3) is 0.100. The summed E-state index contributed by atoms with van der Waals surface area (Å²) in [6.45, 7) is 0. The fourth-order valence-electron chi connectivity index (χ4n) is 2.84. The second-order valence-electron chi connectivity index (χ2n) is 5.63. The van der Waals surface area contributed by atoms with Crippen molar-refractivity contribution in [3.63, 3.8) is 0 Å². The molecule has 1 heterocycles. The van der Waals surface area contributed by atoms with Gasteiger partial charge in [0.15, 0.2) is 0 Å². The van der Waals surface area contributed by atoms with Crippen LogP contribution in [0.15, 0.2) is 78.0 Å². The number of nitrogens with zero attached hydrogens (tertiary/aromatic N) is 2. The Hall–Kier alpha value is -2.36. The molecule has 0 aliphatic rings. The molecule has 0 aliphatic heterocycles. The molecule has 3 rings (SSSR count). The van der Waals surface area contributed by atoms with Crippen LogP contribution >= 0.6 is 23.2 Å². The summed E-state index contributed by atoms with van der Waals surface area (Å²) < 4.78 is 0. The first kappa shape index (κ1) is 17.5. The summed E-state index contributed by atoms with van der Waals surface area (Å²) in [6.07, 6.45) is 0.501. The van der Waals surface area contributed by atoms with Crippen molar-refractivity contribution in [3.8, 4) is 0 Å². The number of benzene rings is 2. The van der Waals surface area contributed by atoms with E-state index in [0.29, 0.717) is 17.7 Å². The van der Waals surface area contributed by atoms with Crippen molar-refractivity contribution < 1.29 is 5.21 Å². The predicted molar refractivity (Wildman–Crippen MR) is 102 cm³/mol. The number of pyridine rings is 1. The lowest BCUT2D eigenvalue weighted by Crippen LogP contribution is -2.11. The van der Waals surface area contributed by atoms with Crippen LogP contribution in [-0.2, 0) is 0 Å². The number of aromatic nitrogens is 1. The Bertz CT molecular complexity index is 808. The van der Waals surface area contributed by atoms with Crippen LogP contribution in [0.25, 0.3) is 0 Å². The van der Waals surface area contributed by atoms with Crippen molar-refractivity contribution >= 4 is 28.9 Å². The molecule has 1 aromatic heterocycles. The van der Waals surface area contributed by atoms with E-state index in [4.69, 9.17) is 23.2 Å². The average Bonchev–Trinajstić information content (AvgIpc) is 2.63. The van der Waals surface area contributed by atoms with E-state index in [1.54, 1.807) is 12.1 Å². The molecule has 25 heavy (non-hydrogen) atoms. The molecule has 0 spiro atoms. The highest BCUT2D eigenvalue weighted by Crippen LogP contribution is 2.30. The van der Waals surface area contributed by atoms with Gasteiger partial charge in [0, 0.05) is 17.9 Å². The normalized spacial score (nSPS) is 11.7. The smallest absolute Gasteiger partial charge is 0.131 e. The molecule has 1 N–H and O–H groups in total. The van der Waals surface area contributed by atoms with Crippen molar-refractivity contribution in [1.82, 2.24) is 4.98 Å². The molecule has 0 saturated carbocycles. The van der Waals surface area contributed by atoms with Crippen LogP contribution in [-0.4, -0.2) is 15.9 Å². The average molecular weight is 371 g/mol. The van der Waals surface area contributed by atoms with E-state index in [2.05, 4.69) is 34.4 Å². The van der Waals surface area contributed by atoms with Crippen LogP contribution in [0, 0.1) is 0 Å². The summed E-state index contributed by atoms with van der Waals surface area (Å²) in [5.74, 6) is 0.0408. The number of rotatable bonds is 5. The number of oxime groups is 1. The Morgan fingerprint density at radius 3 is 1.80 bits per heavy atom. The van der Waals surface area contributed by atoms with E-state index in [-0.39, 0.29) is 16.2 Å².